The van der Waals surface area contributed by atoms with Crippen LogP contribution in [-0.4, -0.2) is 36.6 Å². The minimum absolute atomic E-state index is 0.167. The number of hydrogen-bond donors (Lipinski definition) is 2. The zero-order valence-corrected chi connectivity index (χ0v) is 15.9. The smallest absolute Gasteiger partial charge is 0.251 e. The second kappa shape index (κ2) is 9.73. The Bertz CT molecular complexity index is 805. The van der Waals surface area contributed by atoms with Crippen LogP contribution in [0.3, 0.4) is 0 Å². The molecule has 28 heavy (non-hydrogen) atoms. The average molecular weight is 383 g/mol. The van der Waals surface area contributed by atoms with Crippen LogP contribution in [0.15, 0.2) is 42.7 Å². The van der Waals surface area contributed by atoms with E-state index in [0.29, 0.717) is 22.7 Å². The first kappa shape index (κ1) is 19.7. The normalized spacial score (nSPS) is 13.8. The van der Waals surface area contributed by atoms with Crippen LogP contribution in [0, 0.1) is 0 Å². The molecule has 1 aromatic heterocycles. The van der Waals surface area contributed by atoms with Crippen LogP contribution < -0.4 is 20.1 Å². The van der Waals surface area contributed by atoms with Gasteiger partial charge in [-0.15, -0.1) is 0 Å². The Balaban J connectivity index is 1.50. The van der Waals surface area contributed by atoms with Gasteiger partial charge in [0, 0.05) is 24.7 Å². The molecule has 1 heterocycles. The Labute approximate surface area is 164 Å². The topological polar surface area (TPSA) is 89.5 Å². The third-order valence-electron chi connectivity index (χ3n) is 4.60. The van der Waals surface area contributed by atoms with Gasteiger partial charge in [-0.2, -0.15) is 0 Å². The molecule has 2 N–H and O–H groups in total. The van der Waals surface area contributed by atoms with Crippen molar-refractivity contribution in [2.24, 2.45) is 0 Å². The van der Waals surface area contributed by atoms with Gasteiger partial charge in [0.1, 0.15) is 0 Å². The van der Waals surface area contributed by atoms with E-state index in [2.05, 4.69) is 15.6 Å². The lowest BCUT2D eigenvalue weighted by Gasteiger charge is -2.16. The highest BCUT2D eigenvalue weighted by atomic mass is 16.5. The number of carbonyl (C=O) groups is 2. The number of methoxy groups -OCH3 is 1. The molecule has 0 radical (unpaired) electrons. The number of hydrogen-bond acceptors (Lipinski definition) is 5. The molecule has 0 unspecified atom stereocenters. The predicted octanol–water partition coefficient (Wildman–Crippen LogP) is 3.17. The van der Waals surface area contributed by atoms with E-state index in [0.717, 1.165) is 12.8 Å². The average Bonchev–Trinajstić information content (AvgIpc) is 3.22. The molecule has 148 valence electrons. The van der Waals surface area contributed by atoms with E-state index in [1.165, 1.54) is 12.8 Å². The van der Waals surface area contributed by atoms with E-state index >= 15 is 0 Å². The lowest BCUT2D eigenvalue weighted by Crippen LogP contribution is -2.27. The molecule has 0 atom stereocenters. The summed E-state index contributed by atoms with van der Waals surface area (Å²) in [4.78, 5) is 28.2. The highest BCUT2D eigenvalue weighted by Gasteiger charge is 2.19. The molecule has 0 aliphatic heterocycles. The standard InChI is InChI=1S/C21H25N3O4/c1-27-19-13-15(8-9-18(19)28-17-6-2-3-7-17)21(26)23-12-10-20(25)24-16-5-4-11-22-14-16/h4-5,8-9,11,13-14,17H,2-3,6-7,10,12H2,1H3,(H,23,26)(H,24,25). The maximum absolute atomic E-state index is 12.4. The first-order valence-electron chi connectivity index (χ1n) is 9.48. The molecule has 1 aliphatic rings. The highest BCUT2D eigenvalue weighted by molar-refractivity contribution is 5.95. The van der Waals surface area contributed by atoms with Crippen molar-refractivity contribution in [3.8, 4) is 11.5 Å². The molecular formula is C21H25N3O4. The number of amides is 2. The minimum Gasteiger partial charge on any atom is -0.493 e. The van der Waals surface area contributed by atoms with Gasteiger partial charge >= 0.3 is 0 Å². The van der Waals surface area contributed by atoms with E-state index in [1.807, 2.05) is 0 Å². The number of rotatable bonds is 8. The number of benzene rings is 1. The van der Waals surface area contributed by atoms with E-state index in [1.54, 1.807) is 49.8 Å². The number of aromatic nitrogens is 1. The third-order valence-corrected chi connectivity index (χ3v) is 4.60. The third kappa shape index (κ3) is 5.45. The van der Waals surface area contributed by atoms with Crippen LogP contribution in [-0.2, 0) is 4.79 Å². The number of carbonyl (C=O) groups excluding carboxylic acids is 2. The van der Waals surface area contributed by atoms with Crippen LogP contribution in [0.1, 0.15) is 42.5 Å². The number of anilines is 1. The van der Waals surface area contributed by atoms with Crippen molar-refractivity contribution in [1.82, 2.24) is 10.3 Å². The van der Waals surface area contributed by atoms with Crippen molar-refractivity contribution in [3.05, 3.63) is 48.3 Å². The molecule has 1 aliphatic carbocycles. The molecule has 2 amide bonds. The summed E-state index contributed by atoms with van der Waals surface area (Å²) in [6.07, 6.45) is 8.04. The summed E-state index contributed by atoms with van der Waals surface area (Å²) >= 11 is 0. The summed E-state index contributed by atoms with van der Waals surface area (Å²) in [6.45, 7) is 0.230. The molecule has 0 spiro atoms. The van der Waals surface area contributed by atoms with Crippen LogP contribution in [0.25, 0.3) is 0 Å². The molecule has 0 saturated heterocycles. The van der Waals surface area contributed by atoms with Crippen molar-refractivity contribution in [2.75, 3.05) is 19.0 Å². The van der Waals surface area contributed by atoms with Crippen molar-refractivity contribution in [1.29, 1.82) is 0 Å². The van der Waals surface area contributed by atoms with E-state index in [4.69, 9.17) is 9.47 Å². The molecule has 2 aromatic rings. The Morgan fingerprint density at radius 1 is 1.18 bits per heavy atom. The maximum Gasteiger partial charge on any atom is 0.251 e. The number of nitrogens with zero attached hydrogens (tertiary/aromatic N) is 1. The molecule has 0 bridgehead atoms. The Morgan fingerprint density at radius 3 is 2.71 bits per heavy atom. The van der Waals surface area contributed by atoms with Gasteiger partial charge in [0.25, 0.3) is 5.91 Å². The first-order valence-corrected chi connectivity index (χ1v) is 9.48. The minimum atomic E-state index is -0.264. The highest BCUT2D eigenvalue weighted by Crippen LogP contribution is 2.32. The van der Waals surface area contributed by atoms with Gasteiger partial charge in [-0.3, -0.25) is 14.6 Å². The van der Waals surface area contributed by atoms with E-state index in [-0.39, 0.29) is 30.9 Å². The second-order valence-corrected chi connectivity index (χ2v) is 6.69. The number of pyridine rings is 1. The van der Waals surface area contributed by atoms with Gasteiger partial charge in [-0.25, -0.2) is 0 Å². The molecule has 1 fully saturated rings. The van der Waals surface area contributed by atoms with Gasteiger partial charge in [0.05, 0.1) is 25.1 Å². The lowest BCUT2D eigenvalue weighted by molar-refractivity contribution is -0.116. The van der Waals surface area contributed by atoms with Crippen molar-refractivity contribution in [3.63, 3.8) is 0 Å². The summed E-state index contributed by atoms with van der Waals surface area (Å²) in [5.74, 6) is 0.738. The van der Waals surface area contributed by atoms with Gasteiger partial charge in [-0.05, 0) is 56.0 Å². The maximum atomic E-state index is 12.4. The van der Waals surface area contributed by atoms with Crippen LogP contribution in [0.4, 0.5) is 5.69 Å². The van der Waals surface area contributed by atoms with Crippen molar-refractivity contribution in [2.45, 2.75) is 38.2 Å². The summed E-state index contributed by atoms with van der Waals surface area (Å²) in [5.41, 5.74) is 1.09. The quantitative estimate of drug-likeness (QED) is 0.731. The monoisotopic (exact) mass is 383 g/mol. The molecule has 7 heteroatoms. The Morgan fingerprint density at radius 2 is 2.00 bits per heavy atom. The predicted molar refractivity (Wildman–Crippen MR) is 106 cm³/mol. The fourth-order valence-electron chi connectivity index (χ4n) is 3.14. The summed E-state index contributed by atoms with van der Waals surface area (Å²) in [6, 6.07) is 8.63. The van der Waals surface area contributed by atoms with E-state index in [9.17, 15) is 9.59 Å². The van der Waals surface area contributed by atoms with Gasteiger partial charge in [0.15, 0.2) is 11.5 Å². The van der Waals surface area contributed by atoms with Crippen LogP contribution >= 0.6 is 0 Å². The fraction of sp³-hybridized carbons (Fsp3) is 0.381. The summed E-state index contributed by atoms with van der Waals surface area (Å²) < 4.78 is 11.4. The Hall–Kier alpha value is -3.09. The summed E-state index contributed by atoms with van der Waals surface area (Å²) in [7, 11) is 1.56. The van der Waals surface area contributed by atoms with E-state index < -0.39 is 0 Å². The van der Waals surface area contributed by atoms with Gasteiger partial charge in [-0.1, -0.05) is 0 Å². The molecule has 1 saturated carbocycles. The Kier molecular flexibility index (Phi) is 6.84. The molecule has 1 aromatic carbocycles. The van der Waals surface area contributed by atoms with Crippen LogP contribution in [0.2, 0.25) is 0 Å². The number of ether oxygens (including phenoxy) is 2. The van der Waals surface area contributed by atoms with Gasteiger partial charge < -0.3 is 20.1 Å². The zero-order chi connectivity index (χ0) is 19.8. The molecule has 3 rings (SSSR count). The fourth-order valence-corrected chi connectivity index (χ4v) is 3.14. The van der Waals surface area contributed by atoms with Gasteiger partial charge in [0.2, 0.25) is 5.91 Å². The van der Waals surface area contributed by atoms with Crippen molar-refractivity contribution >= 4 is 17.5 Å². The second-order valence-electron chi connectivity index (χ2n) is 6.69. The number of nitrogens with one attached hydrogen (secondary N) is 2. The lowest BCUT2D eigenvalue weighted by atomic mass is 10.2. The molecule has 7 nitrogen and oxygen atoms in total. The summed E-state index contributed by atoms with van der Waals surface area (Å²) in [5, 5.41) is 5.47. The largest absolute Gasteiger partial charge is 0.493 e. The SMILES string of the molecule is COc1cc(C(=O)NCCC(=O)Nc2cccnc2)ccc1OC1CCCC1. The zero-order valence-electron chi connectivity index (χ0n) is 15.9. The first-order chi connectivity index (χ1) is 13.7. The molecular weight excluding hydrogens is 358 g/mol. The van der Waals surface area contributed by atoms with Crippen LogP contribution in [0.5, 0.6) is 11.5 Å². The van der Waals surface area contributed by atoms with Crippen molar-refractivity contribution < 1.29 is 19.1 Å².